The van der Waals surface area contributed by atoms with Gasteiger partial charge in [0.25, 0.3) is 11.8 Å². The van der Waals surface area contributed by atoms with Crippen LogP contribution in [0.1, 0.15) is 73.5 Å². The molecule has 0 bridgehead atoms. The maximum absolute atomic E-state index is 12.8. The number of likely N-dealkylation sites (tertiary alicyclic amines) is 1. The van der Waals surface area contributed by atoms with Crippen LogP contribution in [0.5, 0.6) is 5.75 Å². The fourth-order valence-corrected chi connectivity index (χ4v) is 4.98. The topological polar surface area (TPSA) is 58.6 Å². The molecule has 2 aromatic carbocycles. The molecule has 5 heteroatoms. The van der Waals surface area contributed by atoms with E-state index in [-0.39, 0.29) is 36.5 Å². The van der Waals surface area contributed by atoms with Crippen LogP contribution in [0.4, 0.5) is 0 Å². The van der Waals surface area contributed by atoms with Gasteiger partial charge in [0, 0.05) is 17.6 Å². The van der Waals surface area contributed by atoms with Crippen molar-refractivity contribution in [3.8, 4) is 5.75 Å². The average molecular weight is 421 g/mol. The number of nitrogens with one attached hydrogen (secondary N) is 1. The van der Waals surface area contributed by atoms with Gasteiger partial charge in [0.15, 0.2) is 6.61 Å². The molecular formula is C26H32N2O3. The molecule has 0 spiro atoms. The summed E-state index contributed by atoms with van der Waals surface area (Å²) in [6, 6.07) is 16.0. The molecule has 0 radical (unpaired) electrons. The van der Waals surface area contributed by atoms with E-state index < -0.39 is 0 Å². The Labute approximate surface area is 184 Å². The third-order valence-corrected chi connectivity index (χ3v) is 6.64. The van der Waals surface area contributed by atoms with Gasteiger partial charge in [-0.3, -0.25) is 9.59 Å². The number of carbonyl (C=O) groups excluding carboxylic acids is 2. The smallest absolute Gasteiger partial charge is 0.260 e. The molecule has 31 heavy (non-hydrogen) atoms. The Morgan fingerprint density at radius 2 is 1.68 bits per heavy atom. The second kappa shape index (κ2) is 9.54. The monoisotopic (exact) mass is 420 g/mol. The van der Waals surface area contributed by atoms with Gasteiger partial charge in [0.2, 0.25) is 0 Å². The standard InChI is InChI=1S/C26H32N2O3/c1-18-7-5-8-19(2)28(18)25(29)17-31-22-15-13-21(14-16-22)26(30)27-24-12-6-10-20-9-3-4-11-23(20)24/h3-4,9,11,13-16,18-19,24H,5-8,10,12,17H2,1-2H3,(H,27,30)/t18-,19-,24-/m1/s1. The first-order valence-electron chi connectivity index (χ1n) is 11.5. The molecule has 1 aliphatic carbocycles. The van der Waals surface area contributed by atoms with E-state index in [0.717, 1.165) is 32.1 Å². The second-order valence-corrected chi connectivity index (χ2v) is 8.86. The molecular weight excluding hydrogens is 388 g/mol. The van der Waals surface area contributed by atoms with Gasteiger partial charge in [-0.15, -0.1) is 0 Å². The zero-order valence-corrected chi connectivity index (χ0v) is 18.5. The summed E-state index contributed by atoms with van der Waals surface area (Å²) >= 11 is 0. The molecule has 3 atom stereocenters. The number of carbonyl (C=O) groups is 2. The number of hydrogen-bond donors (Lipinski definition) is 1. The first-order valence-corrected chi connectivity index (χ1v) is 11.5. The zero-order chi connectivity index (χ0) is 21.8. The Kier molecular flexibility index (Phi) is 6.59. The minimum absolute atomic E-state index is 0.0254. The molecule has 1 heterocycles. The van der Waals surface area contributed by atoms with Crippen molar-refractivity contribution in [2.45, 2.75) is 70.5 Å². The Bertz CT molecular complexity index is 915. The molecule has 2 amide bonds. The molecule has 4 rings (SSSR count). The molecule has 164 valence electrons. The molecule has 2 aromatic rings. The van der Waals surface area contributed by atoms with Crippen molar-refractivity contribution < 1.29 is 14.3 Å². The summed E-state index contributed by atoms with van der Waals surface area (Å²) in [6.07, 6.45) is 6.37. The average Bonchev–Trinajstić information content (AvgIpc) is 2.78. The second-order valence-electron chi connectivity index (χ2n) is 8.86. The van der Waals surface area contributed by atoms with E-state index >= 15 is 0 Å². The molecule has 0 unspecified atom stereocenters. The Morgan fingerprint density at radius 3 is 2.42 bits per heavy atom. The highest BCUT2D eigenvalue weighted by atomic mass is 16.5. The Balaban J connectivity index is 1.33. The van der Waals surface area contributed by atoms with E-state index in [0.29, 0.717) is 11.3 Å². The number of piperidine rings is 1. The maximum atomic E-state index is 12.8. The lowest BCUT2D eigenvalue weighted by molar-refractivity contribution is -0.139. The molecule has 1 fully saturated rings. The van der Waals surface area contributed by atoms with E-state index in [4.69, 9.17) is 4.74 Å². The van der Waals surface area contributed by atoms with E-state index in [1.54, 1.807) is 24.3 Å². The summed E-state index contributed by atoms with van der Waals surface area (Å²) < 4.78 is 5.73. The summed E-state index contributed by atoms with van der Waals surface area (Å²) in [5.74, 6) is 0.544. The lowest BCUT2D eigenvalue weighted by Crippen LogP contribution is -2.49. The third kappa shape index (κ3) is 4.92. The summed E-state index contributed by atoms with van der Waals surface area (Å²) in [6.45, 7) is 4.23. The summed E-state index contributed by atoms with van der Waals surface area (Å²) in [5.41, 5.74) is 3.14. The van der Waals surface area contributed by atoms with Crippen molar-refractivity contribution in [3.63, 3.8) is 0 Å². The van der Waals surface area contributed by atoms with Crippen LogP contribution >= 0.6 is 0 Å². The van der Waals surface area contributed by atoms with Crippen molar-refractivity contribution in [3.05, 3.63) is 65.2 Å². The van der Waals surface area contributed by atoms with Gasteiger partial charge in [0.05, 0.1) is 6.04 Å². The SMILES string of the molecule is C[C@@H]1CCC[C@@H](C)N1C(=O)COc1ccc(C(=O)N[C@@H]2CCCc3ccccc32)cc1. The van der Waals surface area contributed by atoms with Gasteiger partial charge in [-0.1, -0.05) is 24.3 Å². The lowest BCUT2D eigenvalue weighted by atomic mass is 9.87. The molecule has 5 nitrogen and oxygen atoms in total. The van der Waals surface area contributed by atoms with Crippen molar-refractivity contribution >= 4 is 11.8 Å². The molecule has 1 N–H and O–H groups in total. The highest BCUT2D eigenvalue weighted by Crippen LogP contribution is 2.30. The number of hydrogen-bond acceptors (Lipinski definition) is 3. The highest BCUT2D eigenvalue weighted by molar-refractivity contribution is 5.94. The van der Waals surface area contributed by atoms with Gasteiger partial charge in [-0.05, 0) is 87.8 Å². The third-order valence-electron chi connectivity index (χ3n) is 6.64. The lowest BCUT2D eigenvalue weighted by Gasteiger charge is -2.38. The Hall–Kier alpha value is -2.82. The summed E-state index contributed by atoms with van der Waals surface area (Å²) in [5, 5.41) is 3.17. The number of benzene rings is 2. The maximum Gasteiger partial charge on any atom is 0.260 e. The molecule has 0 aromatic heterocycles. The molecule has 2 aliphatic rings. The normalized spacial score (nSPS) is 23.0. The number of amides is 2. The van der Waals surface area contributed by atoms with Crippen LogP contribution in [0.3, 0.4) is 0 Å². The summed E-state index contributed by atoms with van der Waals surface area (Å²) in [7, 11) is 0. The summed E-state index contributed by atoms with van der Waals surface area (Å²) in [4.78, 5) is 27.3. The first kappa shape index (κ1) is 21.4. The van der Waals surface area contributed by atoms with E-state index in [1.165, 1.54) is 17.5 Å². The quantitative estimate of drug-likeness (QED) is 0.765. The van der Waals surface area contributed by atoms with Gasteiger partial charge >= 0.3 is 0 Å². The predicted octanol–water partition coefficient (Wildman–Crippen LogP) is 4.66. The van der Waals surface area contributed by atoms with E-state index in [9.17, 15) is 9.59 Å². The van der Waals surface area contributed by atoms with Crippen molar-refractivity contribution in [2.24, 2.45) is 0 Å². The van der Waals surface area contributed by atoms with Gasteiger partial charge in [-0.25, -0.2) is 0 Å². The van der Waals surface area contributed by atoms with Gasteiger partial charge < -0.3 is 15.0 Å². The van der Waals surface area contributed by atoms with E-state index in [2.05, 4.69) is 37.4 Å². The van der Waals surface area contributed by atoms with Crippen LogP contribution in [0, 0.1) is 0 Å². The molecule has 0 saturated carbocycles. The van der Waals surface area contributed by atoms with E-state index in [1.807, 2.05) is 11.0 Å². The van der Waals surface area contributed by atoms with Crippen molar-refractivity contribution in [1.29, 1.82) is 0 Å². The van der Waals surface area contributed by atoms with Gasteiger partial charge in [0.1, 0.15) is 5.75 Å². The largest absolute Gasteiger partial charge is 0.484 e. The highest BCUT2D eigenvalue weighted by Gasteiger charge is 2.29. The first-order chi connectivity index (χ1) is 15.0. The minimum Gasteiger partial charge on any atom is -0.484 e. The molecule has 1 aliphatic heterocycles. The minimum atomic E-state index is -0.0831. The number of nitrogens with zero attached hydrogens (tertiary/aromatic N) is 1. The van der Waals surface area contributed by atoms with Crippen LogP contribution in [0.15, 0.2) is 48.5 Å². The van der Waals surface area contributed by atoms with Crippen LogP contribution in [-0.2, 0) is 11.2 Å². The fourth-order valence-electron chi connectivity index (χ4n) is 4.98. The van der Waals surface area contributed by atoms with Crippen LogP contribution in [0.25, 0.3) is 0 Å². The molecule has 1 saturated heterocycles. The Morgan fingerprint density at radius 1 is 0.968 bits per heavy atom. The fraction of sp³-hybridized carbons (Fsp3) is 0.462. The van der Waals surface area contributed by atoms with Gasteiger partial charge in [-0.2, -0.15) is 0 Å². The van der Waals surface area contributed by atoms with Crippen LogP contribution < -0.4 is 10.1 Å². The van der Waals surface area contributed by atoms with Crippen LogP contribution in [0.2, 0.25) is 0 Å². The number of ether oxygens (including phenoxy) is 1. The number of aryl methyl sites for hydroxylation is 1. The number of rotatable bonds is 5. The van der Waals surface area contributed by atoms with Crippen molar-refractivity contribution in [2.75, 3.05) is 6.61 Å². The predicted molar refractivity (Wildman–Crippen MR) is 121 cm³/mol. The number of fused-ring (bicyclic) bond motifs is 1. The van der Waals surface area contributed by atoms with Crippen molar-refractivity contribution in [1.82, 2.24) is 10.2 Å². The van der Waals surface area contributed by atoms with Crippen LogP contribution in [-0.4, -0.2) is 35.4 Å². The zero-order valence-electron chi connectivity index (χ0n) is 18.5.